The smallest absolute Gasteiger partial charge is 0.254 e. The number of rotatable bonds is 3. The molecule has 3 aliphatic rings. The molecule has 1 amide bonds. The Kier molecular flexibility index (Phi) is 2.67. The van der Waals surface area contributed by atoms with E-state index in [9.17, 15) is 4.79 Å². The second-order valence-electron chi connectivity index (χ2n) is 5.72. The van der Waals surface area contributed by atoms with E-state index in [1.807, 2.05) is 42.3 Å². The van der Waals surface area contributed by atoms with E-state index in [4.69, 9.17) is 0 Å². The number of hydrogen-bond acceptors (Lipinski definition) is 4. The first-order chi connectivity index (χ1) is 10.2. The number of benzene rings is 1. The van der Waals surface area contributed by atoms with Crippen LogP contribution in [-0.4, -0.2) is 35.1 Å². The Balaban J connectivity index is 1.41. The van der Waals surface area contributed by atoms with Crippen molar-refractivity contribution < 1.29 is 4.79 Å². The largest absolute Gasteiger partial charge is 0.348 e. The van der Waals surface area contributed by atoms with Crippen molar-refractivity contribution in [1.82, 2.24) is 10.2 Å². The van der Waals surface area contributed by atoms with Crippen molar-refractivity contribution in [3.8, 4) is 0 Å². The van der Waals surface area contributed by atoms with Gasteiger partial charge in [0.15, 0.2) is 0 Å². The van der Waals surface area contributed by atoms with E-state index in [2.05, 4.69) is 15.3 Å². The van der Waals surface area contributed by atoms with Crippen LogP contribution in [0.25, 0.3) is 0 Å². The zero-order valence-electron chi connectivity index (χ0n) is 11.8. The predicted molar refractivity (Wildman–Crippen MR) is 81.1 cm³/mol. The number of aliphatic imine (C=N–C) groups is 2. The molecular formula is C16H16N4O. The zero-order chi connectivity index (χ0) is 14.4. The number of nitrogens with zero attached hydrogens (tertiary/aromatic N) is 3. The molecule has 1 aromatic rings. The molecule has 0 bridgehead atoms. The Hall–Kier alpha value is -2.43. The van der Waals surface area contributed by atoms with Crippen LogP contribution in [-0.2, 0) is 11.3 Å². The predicted octanol–water partition coefficient (Wildman–Crippen LogP) is 1.39. The SMILES string of the molecule is Cc1ccc(CNC(=O)C2=CN3C(=NC4CC43)N=C2)cc1. The Morgan fingerprint density at radius 1 is 1.38 bits per heavy atom. The summed E-state index contributed by atoms with van der Waals surface area (Å²) in [6.07, 6.45) is 4.55. The molecular weight excluding hydrogens is 264 g/mol. The second kappa shape index (κ2) is 4.55. The minimum absolute atomic E-state index is 0.0949. The number of carbonyl (C=O) groups excluding carboxylic acids is 1. The zero-order valence-corrected chi connectivity index (χ0v) is 11.8. The van der Waals surface area contributed by atoms with Crippen LogP contribution in [0.5, 0.6) is 0 Å². The van der Waals surface area contributed by atoms with Crippen LogP contribution in [0, 0.1) is 6.92 Å². The highest BCUT2D eigenvalue weighted by atomic mass is 16.1. The second-order valence-corrected chi connectivity index (χ2v) is 5.72. The van der Waals surface area contributed by atoms with Crippen molar-refractivity contribution in [2.45, 2.75) is 32.0 Å². The molecule has 5 heteroatoms. The maximum atomic E-state index is 12.2. The summed E-state index contributed by atoms with van der Waals surface area (Å²) < 4.78 is 0. The van der Waals surface area contributed by atoms with E-state index in [0.29, 0.717) is 24.2 Å². The van der Waals surface area contributed by atoms with E-state index in [1.165, 1.54) is 5.56 Å². The molecule has 0 aromatic heterocycles. The van der Waals surface area contributed by atoms with Crippen LogP contribution in [0.1, 0.15) is 17.5 Å². The van der Waals surface area contributed by atoms with Crippen LogP contribution in [0.3, 0.4) is 0 Å². The quantitative estimate of drug-likeness (QED) is 0.909. The molecule has 0 spiro atoms. The summed E-state index contributed by atoms with van der Waals surface area (Å²) in [5, 5.41) is 2.93. The third kappa shape index (κ3) is 2.24. The lowest BCUT2D eigenvalue weighted by molar-refractivity contribution is -0.117. The average Bonchev–Trinajstić information content (AvgIpc) is 3.18. The lowest BCUT2D eigenvalue weighted by Crippen LogP contribution is -2.32. The molecule has 1 saturated carbocycles. The summed E-state index contributed by atoms with van der Waals surface area (Å²) in [4.78, 5) is 22.9. The van der Waals surface area contributed by atoms with Gasteiger partial charge in [-0.2, -0.15) is 0 Å². The highest BCUT2D eigenvalue weighted by molar-refractivity contribution is 6.16. The molecule has 2 atom stereocenters. The van der Waals surface area contributed by atoms with Gasteiger partial charge in [-0.3, -0.25) is 4.79 Å². The van der Waals surface area contributed by atoms with Crippen LogP contribution in [0.4, 0.5) is 0 Å². The molecule has 2 heterocycles. The number of aryl methyl sites for hydroxylation is 1. The van der Waals surface area contributed by atoms with Gasteiger partial charge in [-0.25, -0.2) is 9.98 Å². The topological polar surface area (TPSA) is 57.1 Å². The molecule has 21 heavy (non-hydrogen) atoms. The van der Waals surface area contributed by atoms with Crippen molar-refractivity contribution in [2.24, 2.45) is 9.98 Å². The van der Waals surface area contributed by atoms with Crippen molar-refractivity contribution in [3.63, 3.8) is 0 Å². The highest BCUT2D eigenvalue weighted by Gasteiger charge is 2.49. The molecule has 1 N–H and O–H groups in total. The molecule has 1 aliphatic carbocycles. The van der Waals surface area contributed by atoms with E-state index >= 15 is 0 Å². The lowest BCUT2D eigenvalue weighted by atomic mass is 10.1. The Morgan fingerprint density at radius 3 is 3.00 bits per heavy atom. The van der Waals surface area contributed by atoms with Crippen LogP contribution >= 0.6 is 0 Å². The number of nitrogens with one attached hydrogen (secondary N) is 1. The first-order valence-electron chi connectivity index (χ1n) is 7.16. The third-order valence-corrected chi connectivity index (χ3v) is 4.03. The monoisotopic (exact) mass is 280 g/mol. The Bertz CT molecular complexity index is 687. The normalized spacial score (nSPS) is 24.9. The number of guanidine groups is 1. The van der Waals surface area contributed by atoms with Gasteiger partial charge in [-0.05, 0) is 18.9 Å². The fourth-order valence-electron chi connectivity index (χ4n) is 2.64. The van der Waals surface area contributed by atoms with E-state index in [-0.39, 0.29) is 5.91 Å². The molecule has 106 valence electrons. The molecule has 2 aliphatic heterocycles. The van der Waals surface area contributed by atoms with Gasteiger partial charge in [0.2, 0.25) is 5.96 Å². The summed E-state index contributed by atoms with van der Waals surface area (Å²) in [7, 11) is 0. The van der Waals surface area contributed by atoms with Crippen LogP contribution in [0.15, 0.2) is 46.0 Å². The van der Waals surface area contributed by atoms with Crippen molar-refractivity contribution in [3.05, 3.63) is 47.2 Å². The van der Waals surface area contributed by atoms with E-state index < -0.39 is 0 Å². The fourth-order valence-corrected chi connectivity index (χ4v) is 2.64. The van der Waals surface area contributed by atoms with E-state index in [1.54, 1.807) is 6.21 Å². The maximum Gasteiger partial charge on any atom is 0.254 e. The summed E-state index contributed by atoms with van der Waals surface area (Å²) >= 11 is 0. The van der Waals surface area contributed by atoms with Gasteiger partial charge in [-0.1, -0.05) is 29.8 Å². The van der Waals surface area contributed by atoms with Crippen LogP contribution in [0.2, 0.25) is 0 Å². The summed E-state index contributed by atoms with van der Waals surface area (Å²) in [5.74, 6) is 0.647. The number of hydrogen-bond donors (Lipinski definition) is 1. The van der Waals surface area contributed by atoms with Crippen molar-refractivity contribution in [1.29, 1.82) is 0 Å². The molecule has 5 nitrogen and oxygen atoms in total. The van der Waals surface area contributed by atoms with Gasteiger partial charge in [0, 0.05) is 19.0 Å². The van der Waals surface area contributed by atoms with Gasteiger partial charge in [0.1, 0.15) is 0 Å². The van der Waals surface area contributed by atoms with Gasteiger partial charge >= 0.3 is 0 Å². The lowest BCUT2D eigenvalue weighted by Gasteiger charge is -2.19. The van der Waals surface area contributed by atoms with Gasteiger partial charge in [0.05, 0.1) is 17.7 Å². The minimum Gasteiger partial charge on any atom is -0.348 e. The first-order valence-corrected chi connectivity index (χ1v) is 7.16. The molecule has 0 radical (unpaired) electrons. The number of amides is 1. The average molecular weight is 280 g/mol. The molecule has 4 rings (SSSR count). The van der Waals surface area contributed by atoms with Gasteiger partial charge in [-0.15, -0.1) is 0 Å². The highest BCUT2D eigenvalue weighted by Crippen LogP contribution is 2.38. The maximum absolute atomic E-state index is 12.2. The molecule has 1 aromatic carbocycles. The molecule has 1 fully saturated rings. The molecule has 0 saturated heterocycles. The van der Waals surface area contributed by atoms with Crippen molar-refractivity contribution >= 4 is 18.1 Å². The molecule has 2 unspecified atom stereocenters. The summed E-state index contributed by atoms with van der Waals surface area (Å²) in [6, 6.07) is 8.96. The first kappa shape index (κ1) is 12.3. The minimum atomic E-state index is -0.0949. The number of fused-ring (bicyclic) bond motifs is 3. The standard InChI is InChI=1S/C16H16N4O/c1-10-2-4-11(5-3-10)7-17-15(21)12-8-18-16-19-13-6-14(13)20(16)9-12/h2-5,8-9,13-14H,6-7H2,1H3,(H,17,21). The number of carbonyl (C=O) groups is 1. The van der Waals surface area contributed by atoms with E-state index in [0.717, 1.165) is 17.9 Å². The van der Waals surface area contributed by atoms with Crippen LogP contribution < -0.4 is 5.32 Å². The fraction of sp³-hybridized carbons (Fsp3) is 0.312. The summed E-state index contributed by atoms with van der Waals surface area (Å²) in [5.41, 5.74) is 2.90. The third-order valence-electron chi connectivity index (χ3n) is 4.03. The van der Waals surface area contributed by atoms with Gasteiger partial charge < -0.3 is 10.2 Å². The Labute approximate surface area is 123 Å². The van der Waals surface area contributed by atoms with Gasteiger partial charge in [0.25, 0.3) is 5.91 Å². The van der Waals surface area contributed by atoms with Crippen molar-refractivity contribution in [2.75, 3.05) is 0 Å². The Morgan fingerprint density at radius 2 is 2.19 bits per heavy atom. The summed E-state index contributed by atoms with van der Waals surface area (Å²) in [6.45, 7) is 2.57.